The first-order valence-corrected chi connectivity index (χ1v) is 8.33. The Morgan fingerprint density at radius 3 is 2.82 bits per heavy atom. The zero-order chi connectivity index (χ0) is 19.7. The molecule has 3 heterocycles. The van der Waals surface area contributed by atoms with E-state index in [0.717, 1.165) is 5.69 Å². The van der Waals surface area contributed by atoms with Gasteiger partial charge in [-0.25, -0.2) is 9.48 Å². The average Bonchev–Trinajstić information content (AvgIpc) is 3.13. The van der Waals surface area contributed by atoms with Crippen molar-refractivity contribution in [1.29, 1.82) is 0 Å². The summed E-state index contributed by atoms with van der Waals surface area (Å²) in [5, 5.41) is 18.1. The van der Waals surface area contributed by atoms with E-state index in [1.54, 1.807) is 53.2 Å². The van der Waals surface area contributed by atoms with Gasteiger partial charge in [0.25, 0.3) is 0 Å². The Morgan fingerprint density at radius 1 is 1.21 bits per heavy atom. The molecule has 4 rings (SSSR count). The van der Waals surface area contributed by atoms with E-state index in [1.165, 1.54) is 18.3 Å². The molecule has 1 aromatic carbocycles. The predicted octanol–water partition coefficient (Wildman–Crippen LogP) is 1.79. The molecule has 0 aliphatic heterocycles. The molecule has 28 heavy (non-hydrogen) atoms. The van der Waals surface area contributed by atoms with Crippen molar-refractivity contribution >= 4 is 16.9 Å². The summed E-state index contributed by atoms with van der Waals surface area (Å²) >= 11 is 0. The number of aryl methyl sites for hydroxylation is 1. The van der Waals surface area contributed by atoms with Crippen LogP contribution >= 0.6 is 0 Å². The van der Waals surface area contributed by atoms with Crippen LogP contribution in [0, 0.1) is 0 Å². The smallest absolute Gasteiger partial charge is 0.337 e. The number of aromatic nitrogens is 5. The Labute approximate surface area is 158 Å². The number of carboxylic acid groups (broad SMARTS) is 1. The van der Waals surface area contributed by atoms with Crippen LogP contribution in [0.2, 0.25) is 0 Å². The molecule has 0 aliphatic rings. The van der Waals surface area contributed by atoms with Gasteiger partial charge in [-0.05, 0) is 24.3 Å². The molecule has 9 nitrogen and oxygen atoms in total. The van der Waals surface area contributed by atoms with Gasteiger partial charge in [-0.15, -0.1) is 0 Å². The third kappa shape index (κ3) is 3.45. The standard InChI is InChI=1S/C19H15N5O4/c1-23-10-14(9-21-23)24-5-4-18(25)17(22-24)11-28-15-2-3-16-12(7-15)6-13(8-20-16)19(26)27/h2-10H,11H2,1H3,(H,26,27). The van der Waals surface area contributed by atoms with E-state index in [9.17, 15) is 9.59 Å². The number of carboxylic acids is 1. The van der Waals surface area contributed by atoms with E-state index < -0.39 is 5.97 Å². The maximum Gasteiger partial charge on any atom is 0.337 e. The number of benzene rings is 1. The number of aromatic carboxylic acids is 1. The summed E-state index contributed by atoms with van der Waals surface area (Å²) in [5.41, 5.74) is 1.46. The average molecular weight is 377 g/mol. The maximum atomic E-state index is 12.1. The van der Waals surface area contributed by atoms with Gasteiger partial charge >= 0.3 is 5.97 Å². The van der Waals surface area contributed by atoms with E-state index in [4.69, 9.17) is 9.84 Å². The summed E-state index contributed by atoms with van der Waals surface area (Å²) < 4.78 is 8.90. The molecule has 140 valence electrons. The monoisotopic (exact) mass is 377 g/mol. The van der Waals surface area contributed by atoms with Crippen LogP contribution in [0.15, 0.2) is 59.9 Å². The van der Waals surface area contributed by atoms with Crippen molar-refractivity contribution in [2.75, 3.05) is 0 Å². The van der Waals surface area contributed by atoms with Gasteiger partial charge in [0.2, 0.25) is 5.43 Å². The third-order valence-electron chi connectivity index (χ3n) is 4.11. The molecule has 0 aliphatic carbocycles. The fourth-order valence-electron chi connectivity index (χ4n) is 2.69. The van der Waals surface area contributed by atoms with Gasteiger partial charge in [-0.1, -0.05) is 0 Å². The van der Waals surface area contributed by atoms with E-state index >= 15 is 0 Å². The maximum absolute atomic E-state index is 12.1. The molecule has 0 bridgehead atoms. The van der Waals surface area contributed by atoms with Crippen LogP contribution in [-0.2, 0) is 13.7 Å². The lowest BCUT2D eigenvalue weighted by Gasteiger charge is -2.08. The fourth-order valence-corrected chi connectivity index (χ4v) is 2.69. The van der Waals surface area contributed by atoms with Crippen molar-refractivity contribution in [3.05, 3.63) is 76.6 Å². The Hall–Kier alpha value is -4.01. The second-order valence-corrected chi connectivity index (χ2v) is 6.12. The fraction of sp³-hybridized carbons (Fsp3) is 0.105. The molecular formula is C19H15N5O4. The van der Waals surface area contributed by atoms with Crippen LogP contribution in [-0.4, -0.2) is 35.6 Å². The second kappa shape index (κ2) is 6.95. The number of hydrogen-bond acceptors (Lipinski definition) is 6. The Bertz CT molecular complexity index is 1240. The van der Waals surface area contributed by atoms with Crippen molar-refractivity contribution in [3.8, 4) is 11.4 Å². The van der Waals surface area contributed by atoms with E-state index in [2.05, 4.69) is 15.2 Å². The normalized spacial score (nSPS) is 10.9. The quantitative estimate of drug-likeness (QED) is 0.564. The topological polar surface area (TPSA) is 112 Å². The van der Waals surface area contributed by atoms with Crippen LogP contribution in [0.3, 0.4) is 0 Å². The lowest BCUT2D eigenvalue weighted by molar-refractivity contribution is 0.0696. The van der Waals surface area contributed by atoms with Gasteiger partial charge in [-0.3, -0.25) is 14.5 Å². The first kappa shape index (κ1) is 17.4. The van der Waals surface area contributed by atoms with Crippen molar-refractivity contribution in [1.82, 2.24) is 24.5 Å². The van der Waals surface area contributed by atoms with Crippen LogP contribution in [0.5, 0.6) is 5.75 Å². The number of hydrogen-bond donors (Lipinski definition) is 1. The minimum Gasteiger partial charge on any atom is -0.487 e. The van der Waals surface area contributed by atoms with Crippen molar-refractivity contribution in [2.45, 2.75) is 6.61 Å². The van der Waals surface area contributed by atoms with Crippen LogP contribution in [0.25, 0.3) is 16.6 Å². The van der Waals surface area contributed by atoms with Crippen molar-refractivity contribution in [3.63, 3.8) is 0 Å². The molecule has 0 fully saturated rings. The number of rotatable bonds is 5. The molecule has 0 saturated heterocycles. The lowest BCUT2D eigenvalue weighted by Crippen LogP contribution is -2.17. The SMILES string of the molecule is Cn1cc(-n2ccc(=O)c(COc3ccc4ncc(C(=O)O)cc4c3)n2)cn1. The highest BCUT2D eigenvalue weighted by molar-refractivity contribution is 5.92. The zero-order valence-electron chi connectivity index (χ0n) is 14.8. The second-order valence-electron chi connectivity index (χ2n) is 6.12. The van der Waals surface area contributed by atoms with Crippen molar-refractivity contribution < 1.29 is 14.6 Å². The number of pyridine rings is 1. The number of carbonyl (C=O) groups is 1. The minimum atomic E-state index is -1.05. The number of ether oxygens (including phenoxy) is 1. The molecule has 0 unspecified atom stereocenters. The van der Waals surface area contributed by atoms with E-state index in [0.29, 0.717) is 16.7 Å². The van der Waals surface area contributed by atoms with Crippen LogP contribution in [0.1, 0.15) is 16.1 Å². The summed E-state index contributed by atoms with van der Waals surface area (Å²) in [6, 6.07) is 8.05. The molecule has 0 amide bonds. The highest BCUT2D eigenvalue weighted by Gasteiger charge is 2.09. The molecule has 0 spiro atoms. The van der Waals surface area contributed by atoms with Gasteiger partial charge < -0.3 is 9.84 Å². The van der Waals surface area contributed by atoms with E-state index in [1.807, 2.05) is 0 Å². The summed E-state index contributed by atoms with van der Waals surface area (Å²) in [5.74, 6) is -0.569. The first-order valence-electron chi connectivity index (χ1n) is 8.33. The lowest BCUT2D eigenvalue weighted by atomic mass is 10.1. The molecule has 0 atom stereocenters. The first-order chi connectivity index (χ1) is 13.5. The zero-order valence-corrected chi connectivity index (χ0v) is 14.8. The molecule has 0 radical (unpaired) electrons. The molecule has 9 heteroatoms. The number of fused-ring (bicyclic) bond motifs is 1. The van der Waals surface area contributed by atoms with Gasteiger partial charge in [-0.2, -0.15) is 10.2 Å². The Balaban J connectivity index is 1.58. The highest BCUT2D eigenvalue weighted by Crippen LogP contribution is 2.21. The van der Waals surface area contributed by atoms with Crippen molar-refractivity contribution in [2.24, 2.45) is 7.05 Å². The number of nitrogens with zero attached hydrogens (tertiary/aromatic N) is 5. The summed E-state index contributed by atoms with van der Waals surface area (Å²) in [6.07, 6.45) is 6.29. The Morgan fingerprint density at radius 2 is 2.07 bits per heavy atom. The highest BCUT2D eigenvalue weighted by atomic mass is 16.5. The largest absolute Gasteiger partial charge is 0.487 e. The van der Waals surface area contributed by atoms with Gasteiger partial charge in [0.15, 0.2) is 0 Å². The third-order valence-corrected chi connectivity index (χ3v) is 4.11. The van der Waals surface area contributed by atoms with E-state index in [-0.39, 0.29) is 23.3 Å². The molecule has 3 aromatic heterocycles. The summed E-state index contributed by atoms with van der Waals surface area (Å²) in [6.45, 7) is -0.0303. The Kier molecular flexibility index (Phi) is 4.32. The van der Waals surface area contributed by atoms with Gasteiger partial charge in [0.05, 0.1) is 23.5 Å². The van der Waals surface area contributed by atoms with Gasteiger partial charge in [0, 0.05) is 30.9 Å². The van der Waals surface area contributed by atoms with Gasteiger partial charge in [0.1, 0.15) is 23.7 Å². The molecule has 1 N–H and O–H groups in total. The molecule has 4 aromatic rings. The molecule has 0 saturated carbocycles. The predicted molar refractivity (Wildman–Crippen MR) is 99.6 cm³/mol. The van der Waals surface area contributed by atoms with Crippen LogP contribution in [0.4, 0.5) is 0 Å². The van der Waals surface area contributed by atoms with Crippen LogP contribution < -0.4 is 10.2 Å². The minimum absolute atomic E-state index is 0.0303. The summed E-state index contributed by atoms with van der Waals surface area (Å²) in [7, 11) is 1.79. The molecular weight excluding hydrogens is 362 g/mol. The summed E-state index contributed by atoms with van der Waals surface area (Å²) in [4.78, 5) is 27.3.